The van der Waals surface area contributed by atoms with Crippen molar-refractivity contribution >= 4 is 5.78 Å². The van der Waals surface area contributed by atoms with E-state index in [1.165, 1.54) is 0 Å². The number of ketones is 1. The molecular weight excluding hydrogens is 192 g/mol. The molecule has 1 aliphatic heterocycles. The Hall–Kier alpha value is -1.16. The van der Waals surface area contributed by atoms with E-state index in [9.17, 15) is 4.79 Å². The van der Waals surface area contributed by atoms with Gasteiger partial charge in [-0.1, -0.05) is 13.8 Å². The zero-order valence-corrected chi connectivity index (χ0v) is 9.41. The van der Waals surface area contributed by atoms with Crippen LogP contribution in [0.4, 0.5) is 0 Å². The van der Waals surface area contributed by atoms with Gasteiger partial charge in [-0.05, 0) is 12.8 Å². The van der Waals surface area contributed by atoms with E-state index in [2.05, 4.69) is 18.9 Å². The van der Waals surface area contributed by atoms with Crippen molar-refractivity contribution in [1.29, 1.82) is 0 Å². The minimum atomic E-state index is 0.0691. The van der Waals surface area contributed by atoms with Gasteiger partial charge in [0.25, 0.3) is 0 Å². The third kappa shape index (κ3) is 1.59. The second-order valence-electron chi connectivity index (χ2n) is 4.09. The molecule has 0 aromatic carbocycles. The Morgan fingerprint density at radius 3 is 2.80 bits per heavy atom. The first kappa shape index (κ1) is 10.4. The quantitative estimate of drug-likeness (QED) is 0.743. The number of fused-ring (bicyclic) bond motifs is 1. The Labute approximate surface area is 89.2 Å². The van der Waals surface area contributed by atoms with Gasteiger partial charge in [-0.15, -0.1) is 0 Å². The summed E-state index contributed by atoms with van der Waals surface area (Å²) in [6.45, 7) is 7.68. The van der Waals surface area contributed by atoms with E-state index in [4.69, 9.17) is 4.74 Å². The Morgan fingerprint density at radius 1 is 1.47 bits per heavy atom. The number of carbonyl (C=O) groups excluding carboxylic acids is 1. The van der Waals surface area contributed by atoms with E-state index in [0.717, 1.165) is 23.5 Å². The average molecular weight is 208 g/mol. The minimum absolute atomic E-state index is 0.0691. The highest BCUT2D eigenvalue weighted by molar-refractivity contribution is 6.00. The van der Waals surface area contributed by atoms with Gasteiger partial charge in [0, 0.05) is 6.54 Å². The normalized spacial score (nSPS) is 15.9. The van der Waals surface area contributed by atoms with E-state index in [-0.39, 0.29) is 12.4 Å². The second-order valence-corrected chi connectivity index (χ2v) is 4.09. The first-order valence-corrected chi connectivity index (χ1v) is 5.35. The van der Waals surface area contributed by atoms with Gasteiger partial charge in [0.2, 0.25) is 0 Å². The van der Waals surface area contributed by atoms with Crippen LogP contribution >= 0.6 is 0 Å². The summed E-state index contributed by atoms with van der Waals surface area (Å²) in [5.74, 6) is 0.392. The van der Waals surface area contributed by atoms with Crippen LogP contribution in [0.25, 0.3) is 0 Å². The van der Waals surface area contributed by atoms with Gasteiger partial charge in [-0.25, -0.2) is 0 Å². The van der Waals surface area contributed by atoms with Crippen molar-refractivity contribution in [2.75, 3.05) is 6.61 Å². The predicted molar refractivity (Wildman–Crippen MR) is 56.0 cm³/mol. The predicted octanol–water partition coefficient (Wildman–Crippen LogP) is 1.74. The van der Waals surface area contributed by atoms with Crippen LogP contribution in [0.3, 0.4) is 0 Å². The van der Waals surface area contributed by atoms with E-state index in [1.807, 2.05) is 11.6 Å². The number of aryl methyl sites for hydroxylation is 1. The highest BCUT2D eigenvalue weighted by Crippen LogP contribution is 2.26. The molecule has 0 unspecified atom stereocenters. The number of carbonyl (C=O) groups is 1. The van der Waals surface area contributed by atoms with Gasteiger partial charge in [-0.2, -0.15) is 5.10 Å². The molecule has 0 radical (unpaired) electrons. The molecule has 4 heteroatoms. The number of rotatable bonds is 2. The molecule has 1 aromatic rings. The number of hydrogen-bond acceptors (Lipinski definition) is 3. The Balaban J connectivity index is 2.59. The molecule has 0 saturated carbocycles. The Morgan fingerprint density at radius 2 is 2.20 bits per heavy atom. The van der Waals surface area contributed by atoms with Crippen molar-refractivity contribution in [3.05, 3.63) is 17.0 Å². The highest BCUT2D eigenvalue weighted by atomic mass is 16.5. The van der Waals surface area contributed by atoms with Gasteiger partial charge in [0.15, 0.2) is 5.78 Å². The van der Waals surface area contributed by atoms with Crippen LogP contribution in [0.1, 0.15) is 48.4 Å². The summed E-state index contributed by atoms with van der Waals surface area (Å²) in [4.78, 5) is 11.8. The third-order valence-corrected chi connectivity index (χ3v) is 2.66. The molecule has 2 heterocycles. The van der Waals surface area contributed by atoms with Gasteiger partial charge in [0.05, 0.1) is 23.6 Å². The molecule has 0 bridgehead atoms. The molecule has 4 nitrogen and oxygen atoms in total. The topological polar surface area (TPSA) is 44.1 Å². The summed E-state index contributed by atoms with van der Waals surface area (Å²) in [6, 6.07) is 0. The van der Waals surface area contributed by atoms with Gasteiger partial charge < -0.3 is 4.74 Å². The van der Waals surface area contributed by atoms with Gasteiger partial charge in [0.1, 0.15) is 6.61 Å². The van der Waals surface area contributed by atoms with Crippen LogP contribution in [0.2, 0.25) is 0 Å². The molecule has 0 amide bonds. The summed E-state index contributed by atoms with van der Waals surface area (Å²) in [5, 5.41) is 4.41. The molecule has 0 aliphatic carbocycles. The Kier molecular flexibility index (Phi) is 2.61. The molecule has 0 saturated heterocycles. The van der Waals surface area contributed by atoms with Crippen molar-refractivity contribution < 1.29 is 9.53 Å². The number of ether oxygens (including phenoxy) is 1. The Bertz CT molecular complexity index is 394. The first-order valence-electron chi connectivity index (χ1n) is 5.35. The number of hydrogen-bond donors (Lipinski definition) is 0. The van der Waals surface area contributed by atoms with Crippen molar-refractivity contribution in [3.8, 4) is 0 Å². The van der Waals surface area contributed by atoms with Crippen LogP contribution in [0, 0.1) is 0 Å². The molecule has 0 atom stereocenters. The fraction of sp³-hybridized carbons (Fsp3) is 0.636. The summed E-state index contributed by atoms with van der Waals surface area (Å²) in [7, 11) is 0. The zero-order chi connectivity index (χ0) is 11.0. The van der Waals surface area contributed by atoms with Gasteiger partial charge in [-0.3, -0.25) is 9.48 Å². The lowest BCUT2D eigenvalue weighted by molar-refractivity contribution is 0.0657. The average Bonchev–Trinajstić information content (AvgIpc) is 2.57. The fourth-order valence-electron chi connectivity index (χ4n) is 2.07. The molecule has 0 spiro atoms. The van der Waals surface area contributed by atoms with Crippen LogP contribution in [0.5, 0.6) is 0 Å². The second kappa shape index (κ2) is 3.77. The van der Waals surface area contributed by atoms with Crippen LogP contribution in [-0.4, -0.2) is 22.2 Å². The van der Waals surface area contributed by atoms with E-state index in [0.29, 0.717) is 12.5 Å². The summed E-state index contributed by atoms with van der Waals surface area (Å²) < 4.78 is 7.09. The van der Waals surface area contributed by atoms with E-state index < -0.39 is 0 Å². The fourth-order valence-corrected chi connectivity index (χ4v) is 2.07. The minimum Gasteiger partial charge on any atom is -0.367 e. The number of Topliss-reactive ketones (excluding diaryl/α,β-unsaturated/α-hetero) is 1. The number of nitrogens with zero attached hydrogens (tertiary/aromatic N) is 2. The van der Waals surface area contributed by atoms with Crippen LogP contribution < -0.4 is 0 Å². The maximum absolute atomic E-state index is 11.8. The zero-order valence-electron chi connectivity index (χ0n) is 9.41. The van der Waals surface area contributed by atoms with Crippen molar-refractivity contribution in [2.45, 2.75) is 39.8 Å². The molecule has 15 heavy (non-hydrogen) atoms. The molecular formula is C11H16N2O2. The lowest BCUT2D eigenvalue weighted by Gasteiger charge is -2.13. The highest BCUT2D eigenvalue weighted by Gasteiger charge is 2.27. The lowest BCUT2D eigenvalue weighted by atomic mass is 9.99. The largest absolute Gasteiger partial charge is 0.367 e. The molecule has 0 fully saturated rings. The van der Waals surface area contributed by atoms with Crippen LogP contribution in [-0.2, 0) is 17.9 Å². The molecule has 0 N–H and O–H groups in total. The monoisotopic (exact) mass is 208 g/mol. The molecule has 1 aliphatic rings. The van der Waals surface area contributed by atoms with Crippen molar-refractivity contribution in [1.82, 2.24) is 9.78 Å². The lowest BCUT2D eigenvalue weighted by Crippen LogP contribution is -2.18. The van der Waals surface area contributed by atoms with Gasteiger partial charge >= 0.3 is 0 Å². The smallest absolute Gasteiger partial charge is 0.192 e. The summed E-state index contributed by atoms with van der Waals surface area (Å²) in [6.07, 6.45) is 0. The number of aromatic nitrogens is 2. The van der Waals surface area contributed by atoms with E-state index >= 15 is 0 Å². The molecule has 1 aromatic heterocycles. The summed E-state index contributed by atoms with van der Waals surface area (Å²) >= 11 is 0. The SMILES string of the molecule is CCn1nc2c(c1C(C)C)C(=O)COC2. The van der Waals surface area contributed by atoms with Crippen LogP contribution in [0.15, 0.2) is 0 Å². The summed E-state index contributed by atoms with van der Waals surface area (Å²) in [5.41, 5.74) is 2.66. The van der Waals surface area contributed by atoms with Crippen molar-refractivity contribution in [3.63, 3.8) is 0 Å². The molecule has 82 valence electrons. The standard InChI is InChI=1S/C11H16N2O2/c1-4-13-11(7(2)3)10-8(12-13)5-15-6-9(10)14/h7H,4-6H2,1-3H3. The first-order chi connectivity index (χ1) is 7.15. The maximum Gasteiger partial charge on any atom is 0.192 e. The van der Waals surface area contributed by atoms with E-state index in [1.54, 1.807) is 0 Å². The van der Waals surface area contributed by atoms with Crippen molar-refractivity contribution in [2.24, 2.45) is 0 Å². The maximum atomic E-state index is 11.8. The third-order valence-electron chi connectivity index (χ3n) is 2.66. The molecule has 2 rings (SSSR count).